The van der Waals surface area contributed by atoms with Gasteiger partial charge in [-0.25, -0.2) is 4.98 Å². The summed E-state index contributed by atoms with van der Waals surface area (Å²) in [5, 5.41) is 9.83. The molecule has 1 fully saturated rings. The number of alkyl halides is 3. The van der Waals surface area contributed by atoms with Crippen molar-refractivity contribution < 1.29 is 18.3 Å². The van der Waals surface area contributed by atoms with E-state index in [0.717, 1.165) is 12.3 Å². The van der Waals surface area contributed by atoms with E-state index < -0.39 is 17.5 Å². The van der Waals surface area contributed by atoms with Crippen LogP contribution in [0.3, 0.4) is 0 Å². The molecule has 4 nitrogen and oxygen atoms in total. The van der Waals surface area contributed by atoms with Crippen molar-refractivity contribution in [3.63, 3.8) is 0 Å². The van der Waals surface area contributed by atoms with Crippen LogP contribution in [-0.2, 0) is 6.18 Å². The van der Waals surface area contributed by atoms with E-state index in [-0.39, 0.29) is 17.9 Å². The van der Waals surface area contributed by atoms with Gasteiger partial charge in [0, 0.05) is 13.1 Å². The lowest BCUT2D eigenvalue weighted by Crippen LogP contribution is -2.30. The number of rotatable bonds is 1. The number of nitrogens with two attached hydrogens (primary N) is 1. The summed E-state index contributed by atoms with van der Waals surface area (Å²) in [6.45, 7) is 2.38. The van der Waals surface area contributed by atoms with E-state index in [1.54, 1.807) is 11.8 Å². The highest BCUT2D eigenvalue weighted by Gasteiger charge is 2.36. The Morgan fingerprint density at radius 3 is 2.67 bits per heavy atom. The first-order valence-corrected chi connectivity index (χ1v) is 5.49. The van der Waals surface area contributed by atoms with Crippen LogP contribution in [0.4, 0.5) is 24.5 Å². The predicted molar refractivity (Wildman–Crippen MR) is 61.1 cm³/mol. The molecule has 0 amide bonds. The standard InChI is InChI=1S/C11H14F3N3O/c1-10(18)2-3-17(6-10)8-4-9(11(12,13)14)16-5-7(8)15/h4-5,18H,2-3,6,15H2,1H3. The fourth-order valence-electron chi connectivity index (χ4n) is 2.03. The van der Waals surface area contributed by atoms with Gasteiger partial charge in [-0.2, -0.15) is 13.2 Å². The topological polar surface area (TPSA) is 62.4 Å². The molecular formula is C11H14F3N3O. The third kappa shape index (κ3) is 2.50. The smallest absolute Gasteiger partial charge is 0.396 e. The Bertz CT molecular complexity index is 459. The van der Waals surface area contributed by atoms with Crippen LogP contribution < -0.4 is 10.6 Å². The average Bonchev–Trinajstić information content (AvgIpc) is 2.57. The van der Waals surface area contributed by atoms with E-state index in [2.05, 4.69) is 4.98 Å². The number of hydrogen-bond acceptors (Lipinski definition) is 4. The van der Waals surface area contributed by atoms with E-state index in [1.807, 2.05) is 0 Å². The zero-order valence-corrected chi connectivity index (χ0v) is 9.83. The predicted octanol–water partition coefficient (Wildman–Crippen LogP) is 1.64. The van der Waals surface area contributed by atoms with Gasteiger partial charge < -0.3 is 15.7 Å². The van der Waals surface area contributed by atoms with Crippen LogP contribution in [-0.4, -0.2) is 28.8 Å². The highest BCUT2D eigenvalue weighted by molar-refractivity contribution is 5.67. The van der Waals surface area contributed by atoms with Crippen LogP contribution in [0.1, 0.15) is 19.0 Å². The quantitative estimate of drug-likeness (QED) is 0.806. The maximum Gasteiger partial charge on any atom is 0.433 e. The number of hydrogen-bond donors (Lipinski definition) is 2. The summed E-state index contributed by atoms with van der Waals surface area (Å²) in [6.07, 6.45) is -2.99. The Hall–Kier alpha value is -1.50. The van der Waals surface area contributed by atoms with Gasteiger partial charge in [-0.05, 0) is 19.4 Å². The number of anilines is 2. The molecular weight excluding hydrogens is 247 g/mol. The number of nitrogen functional groups attached to an aromatic ring is 1. The summed E-state index contributed by atoms with van der Waals surface area (Å²) in [6, 6.07) is 0.927. The molecule has 0 aliphatic carbocycles. The molecule has 1 aliphatic rings. The first-order valence-electron chi connectivity index (χ1n) is 5.49. The van der Waals surface area contributed by atoms with E-state index >= 15 is 0 Å². The van der Waals surface area contributed by atoms with Gasteiger partial charge in [0.1, 0.15) is 5.69 Å². The van der Waals surface area contributed by atoms with E-state index in [4.69, 9.17) is 5.73 Å². The fraction of sp³-hybridized carbons (Fsp3) is 0.545. The first kappa shape index (κ1) is 12.9. The highest BCUT2D eigenvalue weighted by Crippen LogP contribution is 2.35. The molecule has 0 radical (unpaired) electrons. The van der Waals surface area contributed by atoms with E-state index in [1.165, 1.54) is 0 Å². The van der Waals surface area contributed by atoms with Crippen molar-refractivity contribution in [1.82, 2.24) is 4.98 Å². The third-order valence-electron chi connectivity index (χ3n) is 2.99. The second-order valence-corrected chi connectivity index (χ2v) is 4.79. The molecule has 0 spiro atoms. The van der Waals surface area contributed by atoms with Crippen molar-refractivity contribution in [2.75, 3.05) is 23.7 Å². The Morgan fingerprint density at radius 2 is 2.17 bits per heavy atom. The van der Waals surface area contributed by atoms with Crippen LogP contribution in [0.15, 0.2) is 12.3 Å². The molecule has 1 aliphatic heterocycles. The molecule has 1 unspecified atom stereocenters. The summed E-state index contributed by atoms with van der Waals surface area (Å²) >= 11 is 0. The van der Waals surface area contributed by atoms with Crippen molar-refractivity contribution in [3.8, 4) is 0 Å². The van der Waals surface area contributed by atoms with Gasteiger partial charge in [-0.1, -0.05) is 0 Å². The third-order valence-corrected chi connectivity index (χ3v) is 2.99. The summed E-state index contributed by atoms with van der Waals surface area (Å²) in [4.78, 5) is 4.92. The van der Waals surface area contributed by atoms with Gasteiger partial charge in [0.25, 0.3) is 0 Å². The molecule has 0 aromatic carbocycles. The normalized spacial score (nSPS) is 24.6. The number of aromatic nitrogens is 1. The zero-order chi connectivity index (χ0) is 13.6. The number of pyridine rings is 1. The molecule has 0 saturated carbocycles. The molecule has 1 saturated heterocycles. The molecule has 7 heteroatoms. The highest BCUT2D eigenvalue weighted by atomic mass is 19.4. The van der Waals surface area contributed by atoms with Gasteiger partial charge in [-0.3, -0.25) is 0 Å². The van der Waals surface area contributed by atoms with Crippen molar-refractivity contribution in [2.45, 2.75) is 25.1 Å². The van der Waals surface area contributed by atoms with E-state index in [0.29, 0.717) is 13.0 Å². The van der Waals surface area contributed by atoms with Crippen LogP contribution >= 0.6 is 0 Å². The van der Waals surface area contributed by atoms with Gasteiger partial charge in [-0.15, -0.1) is 0 Å². The minimum Gasteiger partial charge on any atom is -0.396 e. The van der Waals surface area contributed by atoms with Gasteiger partial charge in [0.05, 0.1) is 23.2 Å². The largest absolute Gasteiger partial charge is 0.433 e. The maximum absolute atomic E-state index is 12.6. The van der Waals surface area contributed by atoms with Gasteiger partial charge in [0.15, 0.2) is 0 Å². The number of nitrogens with zero attached hydrogens (tertiary/aromatic N) is 2. The molecule has 2 rings (SSSR count). The Balaban J connectivity index is 2.33. The minimum absolute atomic E-state index is 0.181. The zero-order valence-electron chi connectivity index (χ0n) is 9.83. The second-order valence-electron chi connectivity index (χ2n) is 4.79. The molecule has 1 aromatic heterocycles. The Kier molecular flexibility index (Phi) is 2.89. The minimum atomic E-state index is -4.50. The number of β-amino-alcohol motifs (C(OH)–C–C–N with tert-alkyl or cyclic N) is 1. The van der Waals surface area contributed by atoms with Crippen molar-refractivity contribution in [2.24, 2.45) is 0 Å². The summed E-state index contributed by atoms with van der Waals surface area (Å²) < 4.78 is 37.7. The number of aliphatic hydroxyl groups is 1. The monoisotopic (exact) mass is 261 g/mol. The Labute approximate surface area is 102 Å². The summed E-state index contributed by atoms with van der Waals surface area (Å²) in [5.41, 5.74) is 4.23. The van der Waals surface area contributed by atoms with Crippen LogP contribution in [0, 0.1) is 0 Å². The Morgan fingerprint density at radius 1 is 1.50 bits per heavy atom. The second kappa shape index (κ2) is 4.01. The molecule has 2 heterocycles. The molecule has 1 atom stereocenters. The SMILES string of the molecule is CC1(O)CCN(c2cc(C(F)(F)F)ncc2N)C1. The van der Waals surface area contributed by atoms with Gasteiger partial charge in [0.2, 0.25) is 0 Å². The molecule has 100 valence electrons. The molecule has 1 aromatic rings. The summed E-state index contributed by atoms with van der Waals surface area (Å²) in [7, 11) is 0. The van der Waals surface area contributed by atoms with Gasteiger partial charge >= 0.3 is 6.18 Å². The lowest BCUT2D eigenvalue weighted by atomic mass is 10.1. The van der Waals surface area contributed by atoms with Crippen molar-refractivity contribution in [3.05, 3.63) is 18.0 Å². The van der Waals surface area contributed by atoms with Crippen LogP contribution in [0.5, 0.6) is 0 Å². The maximum atomic E-state index is 12.6. The lowest BCUT2D eigenvalue weighted by molar-refractivity contribution is -0.141. The summed E-state index contributed by atoms with van der Waals surface area (Å²) in [5.74, 6) is 0. The molecule has 18 heavy (non-hydrogen) atoms. The number of halogens is 3. The van der Waals surface area contributed by atoms with Crippen molar-refractivity contribution >= 4 is 11.4 Å². The lowest BCUT2D eigenvalue weighted by Gasteiger charge is -2.22. The van der Waals surface area contributed by atoms with Crippen LogP contribution in [0.25, 0.3) is 0 Å². The van der Waals surface area contributed by atoms with E-state index in [9.17, 15) is 18.3 Å². The van der Waals surface area contributed by atoms with Crippen molar-refractivity contribution in [1.29, 1.82) is 0 Å². The first-order chi connectivity index (χ1) is 8.19. The molecule has 0 bridgehead atoms. The fourth-order valence-corrected chi connectivity index (χ4v) is 2.03. The average molecular weight is 261 g/mol. The van der Waals surface area contributed by atoms with Crippen LogP contribution in [0.2, 0.25) is 0 Å². The molecule has 3 N–H and O–H groups in total.